The third-order valence-corrected chi connectivity index (χ3v) is 6.42. The van der Waals surface area contributed by atoms with Crippen molar-refractivity contribution in [1.82, 2.24) is 29.0 Å². The Labute approximate surface area is 202 Å². The fraction of sp³-hybridized carbons (Fsp3) is 0.440. The second-order valence-electron chi connectivity index (χ2n) is 10.0. The molecule has 0 unspecified atom stereocenters. The first-order valence-electron chi connectivity index (χ1n) is 11.7. The number of nitrogens with one attached hydrogen (secondary N) is 1. The number of methoxy groups -OCH3 is 1. The molecule has 1 amide bonds. The summed E-state index contributed by atoms with van der Waals surface area (Å²) in [5.74, 6) is 0.627. The lowest BCUT2D eigenvalue weighted by atomic mass is 10.00. The maximum Gasteiger partial charge on any atom is 0.410 e. The van der Waals surface area contributed by atoms with E-state index in [0.717, 1.165) is 27.7 Å². The Bertz CT molecular complexity index is 1470. The molecule has 10 nitrogen and oxygen atoms in total. The molecule has 1 aromatic carbocycles. The molecule has 1 N–H and O–H groups in total. The van der Waals surface area contributed by atoms with Crippen LogP contribution in [0.3, 0.4) is 0 Å². The van der Waals surface area contributed by atoms with E-state index in [1.54, 1.807) is 16.5 Å². The van der Waals surface area contributed by atoms with Crippen molar-refractivity contribution < 1.29 is 14.3 Å². The van der Waals surface area contributed by atoms with Crippen LogP contribution in [-0.4, -0.2) is 60.9 Å². The zero-order valence-corrected chi connectivity index (χ0v) is 20.7. The van der Waals surface area contributed by atoms with E-state index in [-0.39, 0.29) is 17.8 Å². The number of aromatic nitrogens is 5. The molecule has 0 atom stereocenters. The van der Waals surface area contributed by atoms with E-state index < -0.39 is 5.60 Å². The number of rotatable bonds is 3. The van der Waals surface area contributed by atoms with Crippen LogP contribution in [0.5, 0.6) is 5.75 Å². The molecule has 35 heavy (non-hydrogen) atoms. The lowest BCUT2D eigenvalue weighted by molar-refractivity contribution is 0.0189. The van der Waals surface area contributed by atoms with Crippen molar-refractivity contribution in [3.8, 4) is 16.9 Å². The molecule has 5 rings (SSSR count). The van der Waals surface area contributed by atoms with Gasteiger partial charge in [-0.1, -0.05) is 0 Å². The predicted molar refractivity (Wildman–Crippen MR) is 132 cm³/mol. The van der Waals surface area contributed by atoms with Crippen LogP contribution in [0.4, 0.5) is 4.79 Å². The van der Waals surface area contributed by atoms with Gasteiger partial charge in [-0.05, 0) is 69.9 Å². The second-order valence-corrected chi connectivity index (χ2v) is 10.0. The topological polar surface area (TPSA) is 107 Å². The van der Waals surface area contributed by atoms with Gasteiger partial charge in [-0.3, -0.25) is 4.57 Å². The predicted octanol–water partition coefficient (Wildman–Crippen LogP) is 3.93. The standard InChI is InChI=1S/C25H30N6O4/c1-15-10-20-19(12-18(15)16-11-21(34-5)22-26-14-27-30(22)13-16)28-23(32)31(20)17-6-8-29(9-7-17)24(33)35-25(2,3)4/h10-14,17H,6-9H2,1-5H3,(H,28,32). The van der Waals surface area contributed by atoms with E-state index in [4.69, 9.17) is 9.47 Å². The molecular weight excluding hydrogens is 448 g/mol. The molecule has 1 saturated heterocycles. The first-order valence-corrected chi connectivity index (χ1v) is 11.7. The van der Waals surface area contributed by atoms with Crippen LogP contribution in [0, 0.1) is 6.92 Å². The number of benzene rings is 1. The fourth-order valence-corrected chi connectivity index (χ4v) is 4.78. The Morgan fingerprint density at radius 1 is 1.17 bits per heavy atom. The van der Waals surface area contributed by atoms with Gasteiger partial charge in [-0.15, -0.1) is 0 Å². The number of amides is 1. The fourth-order valence-electron chi connectivity index (χ4n) is 4.78. The molecule has 4 heterocycles. The number of carbonyl (C=O) groups excluding carboxylic acids is 1. The Kier molecular flexibility index (Phi) is 5.53. The third kappa shape index (κ3) is 4.24. The molecule has 0 radical (unpaired) electrons. The van der Waals surface area contributed by atoms with Crippen LogP contribution in [-0.2, 0) is 4.74 Å². The van der Waals surface area contributed by atoms with Crippen LogP contribution in [0.25, 0.3) is 27.8 Å². The highest BCUT2D eigenvalue weighted by Crippen LogP contribution is 2.33. The van der Waals surface area contributed by atoms with Crippen LogP contribution < -0.4 is 10.4 Å². The Morgan fingerprint density at radius 3 is 2.60 bits per heavy atom. The van der Waals surface area contributed by atoms with Gasteiger partial charge in [-0.25, -0.2) is 19.1 Å². The smallest absolute Gasteiger partial charge is 0.410 e. The van der Waals surface area contributed by atoms with Crippen molar-refractivity contribution in [3.63, 3.8) is 0 Å². The average Bonchev–Trinajstić information content (AvgIpc) is 3.40. The first kappa shape index (κ1) is 22.9. The molecule has 184 valence electrons. The lowest BCUT2D eigenvalue weighted by Gasteiger charge is -2.33. The van der Waals surface area contributed by atoms with E-state index in [1.165, 1.54) is 6.33 Å². The minimum Gasteiger partial charge on any atom is -0.493 e. The molecule has 0 spiro atoms. The Hall–Kier alpha value is -3.82. The minimum absolute atomic E-state index is 0.00628. The van der Waals surface area contributed by atoms with Gasteiger partial charge in [0.15, 0.2) is 11.4 Å². The van der Waals surface area contributed by atoms with Crippen molar-refractivity contribution in [2.24, 2.45) is 0 Å². The largest absolute Gasteiger partial charge is 0.493 e. The molecule has 0 aliphatic carbocycles. The van der Waals surface area contributed by atoms with Gasteiger partial charge in [0.1, 0.15) is 11.9 Å². The highest BCUT2D eigenvalue weighted by molar-refractivity contribution is 5.85. The van der Waals surface area contributed by atoms with E-state index >= 15 is 0 Å². The maximum atomic E-state index is 13.0. The Morgan fingerprint density at radius 2 is 1.91 bits per heavy atom. The number of carbonyl (C=O) groups is 1. The molecule has 1 aliphatic rings. The van der Waals surface area contributed by atoms with Gasteiger partial charge >= 0.3 is 11.8 Å². The molecule has 1 aliphatic heterocycles. The van der Waals surface area contributed by atoms with E-state index in [2.05, 4.69) is 15.1 Å². The first-order chi connectivity index (χ1) is 16.6. The lowest BCUT2D eigenvalue weighted by Crippen LogP contribution is -2.43. The number of likely N-dealkylation sites (tertiary alicyclic amines) is 1. The summed E-state index contributed by atoms with van der Waals surface area (Å²) in [5, 5.41) is 4.25. The van der Waals surface area contributed by atoms with E-state index in [9.17, 15) is 9.59 Å². The zero-order valence-electron chi connectivity index (χ0n) is 20.7. The van der Waals surface area contributed by atoms with Crippen molar-refractivity contribution in [3.05, 3.63) is 46.8 Å². The highest BCUT2D eigenvalue weighted by atomic mass is 16.6. The number of fused-ring (bicyclic) bond motifs is 2. The maximum absolute atomic E-state index is 13.0. The number of piperidine rings is 1. The Balaban J connectivity index is 1.45. The molecule has 4 aromatic rings. The second kappa shape index (κ2) is 8.44. The third-order valence-electron chi connectivity index (χ3n) is 6.42. The number of aromatic amines is 1. The molecule has 1 fully saturated rings. The molecule has 0 bridgehead atoms. The van der Waals surface area contributed by atoms with Gasteiger partial charge in [0.05, 0.1) is 18.1 Å². The summed E-state index contributed by atoms with van der Waals surface area (Å²) in [7, 11) is 1.61. The minimum atomic E-state index is -0.528. The van der Waals surface area contributed by atoms with Crippen LogP contribution in [0.1, 0.15) is 45.2 Å². The van der Waals surface area contributed by atoms with Gasteiger partial charge in [0, 0.05) is 30.9 Å². The van der Waals surface area contributed by atoms with Gasteiger partial charge in [-0.2, -0.15) is 5.10 Å². The molecule has 3 aromatic heterocycles. The molecular formula is C25H30N6O4. The SMILES string of the molecule is COc1cc(-c2cc3[nH]c(=O)n(C4CCN(C(=O)OC(C)(C)C)CC4)c3cc2C)cn2ncnc12. The average molecular weight is 479 g/mol. The number of hydrogen-bond donors (Lipinski definition) is 1. The molecule has 10 heteroatoms. The zero-order chi connectivity index (χ0) is 24.9. The summed E-state index contributed by atoms with van der Waals surface area (Å²) >= 11 is 0. The van der Waals surface area contributed by atoms with Crippen LogP contribution in [0.2, 0.25) is 0 Å². The van der Waals surface area contributed by atoms with Crippen LogP contribution in [0.15, 0.2) is 35.5 Å². The van der Waals surface area contributed by atoms with Gasteiger partial charge in [0.2, 0.25) is 0 Å². The number of pyridine rings is 1. The summed E-state index contributed by atoms with van der Waals surface area (Å²) < 4.78 is 14.5. The van der Waals surface area contributed by atoms with Gasteiger partial charge < -0.3 is 19.4 Å². The number of aryl methyl sites for hydroxylation is 1. The highest BCUT2D eigenvalue weighted by Gasteiger charge is 2.29. The summed E-state index contributed by atoms with van der Waals surface area (Å²) in [6.45, 7) is 8.71. The van der Waals surface area contributed by atoms with Gasteiger partial charge in [0.25, 0.3) is 0 Å². The van der Waals surface area contributed by atoms with Crippen molar-refractivity contribution in [2.75, 3.05) is 20.2 Å². The number of nitrogens with zero attached hydrogens (tertiary/aromatic N) is 5. The summed E-state index contributed by atoms with van der Waals surface area (Å²) in [6.07, 6.45) is 4.46. The van der Waals surface area contributed by atoms with Crippen molar-refractivity contribution in [1.29, 1.82) is 0 Å². The summed E-state index contributed by atoms with van der Waals surface area (Å²) in [5.41, 5.74) is 4.52. The summed E-state index contributed by atoms with van der Waals surface area (Å²) in [4.78, 5) is 34.4. The number of hydrogen-bond acceptors (Lipinski definition) is 6. The van der Waals surface area contributed by atoms with E-state index in [1.807, 2.05) is 56.7 Å². The van der Waals surface area contributed by atoms with Crippen molar-refractivity contribution in [2.45, 2.75) is 52.2 Å². The van der Waals surface area contributed by atoms with Crippen LogP contribution >= 0.6 is 0 Å². The van der Waals surface area contributed by atoms with E-state index in [0.29, 0.717) is 37.3 Å². The molecule has 0 saturated carbocycles. The quantitative estimate of drug-likeness (QED) is 0.478. The summed E-state index contributed by atoms with van der Waals surface area (Å²) in [6, 6.07) is 5.97. The normalized spacial score (nSPS) is 15.2. The monoisotopic (exact) mass is 478 g/mol. The number of ether oxygens (including phenoxy) is 2. The number of H-pyrrole nitrogens is 1. The van der Waals surface area contributed by atoms with Crippen molar-refractivity contribution >= 4 is 22.8 Å². The number of imidazole rings is 1.